The molecule has 1 aromatic rings. The molecule has 4 nitrogen and oxygen atoms in total. The van der Waals surface area contributed by atoms with E-state index in [1.54, 1.807) is 6.92 Å². The van der Waals surface area contributed by atoms with Crippen LogP contribution in [0.3, 0.4) is 0 Å². The molecule has 0 aliphatic heterocycles. The fraction of sp³-hybridized carbons (Fsp3) is 0.417. The molecule has 1 rings (SSSR count). The van der Waals surface area contributed by atoms with Crippen molar-refractivity contribution in [1.29, 1.82) is 0 Å². The van der Waals surface area contributed by atoms with Crippen LogP contribution in [0.1, 0.15) is 13.3 Å². The Morgan fingerprint density at radius 1 is 1.44 bits per heavy atom. The number of hydrogen-bond donors (Lipinski definition) is 2. The van der Waals surface area contributed by atoms with Crippen LogP contribution in [0.4, 0.5) is 19.3 Å². The van der Waals surface area contributed by atoms with E-state index in [4.69, 9.17) is 5.11 Å². The molecule has 0 fully saturated rings. The second-order valence-corrected chi connectivity index (χ2v) is 4.09. The van der Waals surface area contributed by atoms with Gasteiger partial charge in [-0.1, -0.05) is 6.07 Å². The van der Waals surface area contributed by atoms with Crippen LogP contribution in [0.15, 0.2) is 18.2 Å². The minimum absolute atomic E-state index is 0.291. The summed E-state index contributed by atoms with van der Waals surface area (Å²) in [4.78, 5) is 12.9. The zero-order valence-electron chi connectivity index (χ0n) is 10.3. The number of anilines is 1. The third-order valence-electron chi connectivity index (χ3n) is 2.42. The van der Waals surface area contributed by atoms with Crippen molar-refractivity contribution in [2.75, 3.05) is 18.9 Å². The number of carbonyl (C=O) groups is 1. The van der Waals surface area contributed by atoms with Crippen LogP contribution >= 0.6 is 0 Å². The first-order valence-electron chi connectivity index (χ1n) is 5.56. The van der Waals surface area contributed by atoms with E-state index in [1.807, 2.05) is 0 Å². The quantitative estimate of drug-likeness (QED) is 0.869. The summed E-state index contributed by atoms with van der Waals surface area (Å²) in [6.07, 6.45) is -0.144. The highest BCUT2D eigenvalue weighted by molar-refractivity contribution is 5.89. The van der Waals surface area contributed by atoms with Crippen LogP contribution < -0.4 is 5.32 Å². The summed E-state index contributed by atoms with van der Waals surface area (Å²) in [5.74, 6) is -1.65. The number of benzene rings is 1. The molecule has 2 amide bonds. The molecule has 0 aliphatic rings. The Morgan fingerprint density at radius 2 is 2.00 bits per heavy atom. The number of halogens is 2. The zero-order chi connectivity index (χ0) is 13.7. The van der Waals surface area contributed by atoms with Gasteiger partial charge >= 0.3 is 6.03 Å². The zero-order valence-corrected chi connectivity index (χ0v) is 10.3. The normalized spacial score (nSPS) is 12.1. The maximum Gasteiger partial charge on any atom is 0.321 e. The first-order valence-corrected chi connectivity index (χ1v) is 5.56. The number of para-hydroxylation sites is 1. The topological polar surface area (TPSA) is 52.6 Å². The van der Waals surface area contributed by atoms with Gasteiger partial charge in [-0.3, -0.25) is 0 Å². The number of aliphatic hydroxyl groups excluding tert-OH is 1. The van der Waals surface area contributed by atoms with Gasteiger partial charge in [0.1, 0.15) is 17.3 Å². The Morgan fingerprint density at radius 3 is 2.50 bits per heavy atom. The molecule has 0 spiro atoms. The molecular formula is C12H16F2N2O2. The van der Waals surface area contributed by atoms with E-state index in [0.29, 0.717) is 13.0 Å². The molecule has 0 aromatic heterocycles. The molecule has 0 aliphatic carbocycles. The summed E-state index contributed by atoms with van der Waals surface area (Å²) < 4.78 is 26.6. The van der Waals surface area contributed by atoms with Crippen molar-refractivity contribution in [3.05, 3.63) is 29.8 Å². The highest BCUT2D eigenvalue weighted by Gasteiger charge is 2.15. The fourth-order valence-electron chi connectivity index (χ4n) is 1.30. The summed E-state index contributed by atoms with van der Waals surface area (Å²) >= 11 is 0. The summed E-state index contributed by atoms with van der Waals surface area (Å²) in [5.41, 5.74) is -0.466. The highest BCUT2D eigenvalue weighted by atomic mass is 19.1. The molecule has 0 bridgehead atoms. The minimum Gasteiger partial charge on any atom is -0.393 e. The average molecular weight is 258 g/mol. The molecule has 1 unspecified atom stereocenters. The lowest BCUT2D eigenvalue weighted by atomic mass is 10.3. The van der Waals surface area contributed by atoms with Crippen LogP contribution in [-0.4, -0.2) is 35.7 Å². The molecule has 0 heterocycles. The molecule has 0 saturated heterocycles. The van der Waals surface area contributed by atoms with Gasteiger partial charge < -0.3 is 15.3 Å². The molecule has 1 aromatic carbocycles. The maximum absolute atomic E-state index is 13.3. The lowest BCUT2D eigenvalue weighted by Gasteiger charge is -2.19. The minimum atomic E-state index is -0.827. The lowest BCUT2D eigenvalue weighted by Crippen LogP contribution is -2.33. The van der Waals surface area contributed by atoms with Gasteiger partial charge in [0.05, 0.1) is 6.10 Å². The lowest BCUT2D eigenvalue weighted by molar-refractivity contribution is 0.167. The number of rotatable bonds is 4. The number of nitrogens with one attached hydrogen (secondary N) is 1. The van der Waals surface area contributed by atoms with Gasteiger partial charge in [-0.25, -0.2) is 13.6 Å². The number of aliphatic hydroxyl groups is 1. The molecule has 1 atom stereocenters. The smallest absolute Gasteiger partial charge is 0.321 e. The SMILES string of the molecule is CC(O)CCN(C)C(=O)Nc1c(F)cccc1F. The van der Waals surface area contributed by atoms with E-state index >= 15 is 0 Å². The number of carbonyl (C=O) groups excluding carboxylic acids is 1. The van der Waals surface area contributed by atoms with Crippen LogP contribution in [0.2, 0.25) is 0 Å². The van der Waals surface area contributed by atoms with Crippen molar-refractivity contribution in [3.8, 4) is 0 Å². The van der Waals surface area contributed by atoms with Crippen molar-refractivity contribution < 1.29 is 18.7 Å². The second kappa shape index (κ2) is 6.30. The monoisotopic (exact) mass is 258 g/mol. The number of amides is 2. The van der Waals surface area contributed by atoms with Crippen molar-refractivity contribution in [2.24, 2.45) is 0 Å². The predicted molar refractivity (Wildman–Crippen MR) is 64.3 cm³/mol. The van der Waals surface area contributed by atoms with Gasteiger partial charge in [-0.05, 0) is 25.5 Å². The van der Waals surface area contributed by atoms with Gasteiger partial charge in [0.15, 0.2) is 0 Å². The Bertz CT molecular complexity index is 404. The largest absolute Gasteiger partial charge is 0.393 e. The molecule has 18 heavy (non-hydrogen) atoms. The van der Waals surface area contributed by atoms with Gasteiger partial charge in [0.25, 0.3) is 0 Å². The Labute approximate surface area is 104 Å². The van der Waals surface area contributed by atoms with Gasteiger partial charge in [0, 0.05) is 13.6 Å². The fourth-order valence-corrected chi connectivity index (χ4v) is 1.30. The van der Waals surface area contributed by atoms with E-state index in [-0.39, 0.29) is 0 Å². The first-order chi connectivity index (χ1) is 8.41. The predicted octanol–water partition coefficient (Wildman–Crippen LogP) is 2.20. The maximum atomic E-state index is 13.3. The van der Waals surface area contributed by atoms with E-state index in [2.05, 4.69) is 5.32 Å². The van der Waals surface area contributed by atoms with Gasteiger partial charge in [-0.2, -0.15) is 0 Å². The van der Waals surface area contributed by atoms with Crippen LogP contribution in [0, 0.1) is 11.6 Å². The van der Waals surface area contributed by atoms with E-state index < -0.39 is 29.5 Å². The first kappa shape index (κ1) is 14.4. The molecule has 6 heteroatoms. The molecule has 0 radical (unpaired) electrons. The van der Waals surface area contributed by atoms with Crippen molar-refractivity contribution in [2.45, 2.75) is 19.4 Å². The Balaban J connectivity index is 2.64. The van der Waals surface area contributed by atoms with Gasteiger partial charge in [-0.15, -0.1) is 0 Å². The van der Waals surface area contributed by atoms with Crippen molar-refractivity contribution in [1.82, 2.24) is 4.90 Å². The number of nitrogens with zero attached hydrogens (tertiary/aromatic N) is 1. The summed E-state index contributed by atoms with van der Waals surface area (Å²) in [6.45, 7) is 1.89. The van der Waals surface area contributed by atoms with Gasteiger partial charge in [0.2, 0.25) is 0 Å². The summed E-state index contributed by atoms with van der Waals surface area (Å²) in [7, 11) is 1.48. The highest BCUT2D eigenvalue weighted by Crippen LogP contribution is 2.18. The van der Waals surface area contributed by atoms with Crippen LogP contribution in [-0.2, 0) is 0 Å². The van der Waals surface area contributed by atoms with Crippen LogP contribution in [0.25, 0.3) is 0 Å². The standard InChI is InChI=1S/C12H16F2N2O2/c1-8(17)6-7-16(2)12(18)15-11-9(13)4-3-5-10(11)14/h3-5,8,17H,6-7H2,1-2H3,(H,15,18). The summed E-state index contributed by atoms with van der Waals surface area (Å²) in [5, 5.41) is 11.2. The molecule has 100 valence electrons. The van der Waals surface area contributed by atoms with E-state index in [9.17, 15) is 13.6 Å². The van der Waals surface area contributed by atoms with Crippen molar-refractivity contribution in [3.63, 3.8) is 0 Å². The van der Waals surface area contributed by atoms with E-state index in [0.717, 1.165) is 12.1 Å². The second-order valence-electron chi connectivity index (χ2n) is 4.09. The number of hydrogen-bond acceptors (Lipinski definition) is 2. The van der Waals surface area contributed by atoms with Crippen molar-refractivity contribution >= 4 is 11.7 Å². The molecule has 0 saturated carbocycles. The average Bonchev–Trinajstić information content (AvgIpc) is 2.30. The Kier molecular flexibility index (Phi) is 5.03. The third kappa shape index (κ3) is 3.96. The molecular weight excluding hydrogens is 242 g/mol. The van der Waals surface area contributed by atoms with Crippen LogP contribution in [0.5, 0.6) is 0 Å². The number of urea groups is 1. The van der Waals surface area contributed by atoms with E-state index in [1.165, 1.54) is 18.0 Å². The third-order valence-corrected chi connectivity index (χ3v) is 2.42. The molecule has 2 N–H and O–H groups in total. The summed E-state index contributed by atoms with van der Waals surface area (Å²) in [6, 6.07) is 2.72. The Hall–Kier alpha value is -1.69.